The van der Waals surface area contributed by atoms with Gasteiger partial charge in [0.25, 0.3) is 0 Å². The molecule has 2 aromatic carbocycles. The molecule has 4 heteroatoms. The zero-order chi connectivity index (χ0) is 20.1. The second kappa shape index (κ2) is 8.50. The lowest BCUT2D eigenvalue weighted by Gasteiger charge is -2.28. The number of carboxylic acid groups (broad SMARTS) is 1. The van der Waals surface area contributed by atoms with E-state index in [2.05, 4.69) is 38.7 Å². The summed E-state index contributed by atoms with van der Waals surface area (Å²) in [4.78, 5) is 10.9. The van der Waals surface area contributed by atoms with Crippen molar-refractivity contribution in [2.75, 3.05) is 6.61 Å². The Bertz CT molecular complexity index is 889. The monoisotopic (exact) mass is 378 g/mol. The molecule has 3 rings (SSSR count). The first-order chi connectivity index (χ1) is 13.3. The molecular weight excluding hydrogens is 352 g/mol. The van der Waals surface area contributed by atoms with Gasteiger partial charge in [0.05, 0.1) is 12.2 Å². The van der Waals surface area contributed by atoms with Gasteiger partial charge >= 0.3 is 5.97 Å². The SMILES string of the molecule is CC(C)(C)c1ccc(C#Cc2ccc(C(=O)O)cc2)cc1OC1CCCCO1. The first kappa shape index (κ1) is 20.0. The maximum absolute atomic E-state index is 10.9. The Morgan fingerprint density at radius 2 is 1.75 bits per heavy atom. The lowest BCUT2D eigenvalue weighted by Crippen LogP contribution is -2.26. The number of carbonyl (C=O) groups is 1. The molecule has 1 aliphatic heterocycles. The fraction of sp³-hybridized carbons (Fsp3) is 0.375. The first-order valence-corrected chi connectivity index (χ1v) is 9.61. The standard InChI is InChI=1S/C24H26O4/c1-24(2,3)20-14-11-18(16-21(20)28-22-6-4-5-15-27-22)8-7-17-9-12-19(13-10-17)23(25)26/h9-14,16,22H,4-6,15H2,1-3H3,(H,25,26). The van der Waals surface area contributed by atoms with Crippen molar-refractivity contribution in [3.63, 3.8) is 0 Å². The Morgan fingerprint density at radius 1 is 1.07 bits per heavy atom. The number of benzene rings is 2. The summed E-state index contributed by atoms with van der Waals surface area (Å²) in [6.45, 7) is 7.21. The Labute approximate surface area is 166 Å². The molecule has 0 aromatic heterocycles. The summed E-state index contributed by atoms with van der Waals surface area (Å²) < 4.78 is 11.9. The lowest BCUT2D eigenvalue weighted by molar-refractivity contribution is -0.106. The van der Waals surface area contributed by atoms with Crippen LogP contribution in [0, 0.1) is 11.8 Å². The van der Waals surface area contributed by atoms with E-state index in [0.717, 1.165) is 48.3 Å². The van der Waals surface area contributed by atoms with Gasteiger partial charge in [-0.05, 0) is 60.2 Å². The predicted octanol–water partition coefficient (Wildman–Crippen LogP) is 4.99. The van der Waals surface area contributed by atoms with Crippen molar-refractivity contribution < 1.29 is 19.4 Å². The molecule has 0 aliphatic carbocycles. The van der Waals surface area contributed by atoms with E-state index in [0.29, 0.717) is 0 Å². The fourth-order valence-electron chi connectivity index (χ4n) is 3.10. The third-order valence-corrected chi connectivity index (χ3v) is 4.67. The van der Waals surface area contributed by atoms with Gasteiger partial charge in [0, 0.05) is 17.5 Å². The fourth-order valence-corrected chi connectivity index (χ4v) is 3.10. The minimum Gasteiger partial charge on any atom is -0.478 e. The highest BCUT2D eigenvalue weighted by molar-refractivity contribution is 5.87. The molecular formula is C24H26O4. The van der Waals surface area contributed by atoms with Crippen molar-refractivity contribution in [2.24, 2.45) is 0 Å². The number of aromatic carboxylic acids is 1. The Hall–Kier alpha value is -2.77. The third-order valence-electron chi connectivity index (χ3n) is 4.67. The van der Waals surface area contributed by atoms with Crippen LogP contribution in [0.5, 0.6) is 5.75 Å². The minimum atomic E-state index is -0.941. The zero-order valence-electron chi connectivity index (χ0n) is 16.6. The number of carboxylic acids is 1. The summed E-state index contributed by atoms with van der Waals surface area (Å²) >= 11 is 0. The zero-order valence-corrected chi connectivity index (χ0v) is 16.6. The number of hydrogen-bond acceptors (Lipinski definition) is 3. The van der Waals surface area contributed by atoms with Gasteiger partial charge in [0.1, 0.15) is 5.75 Å². The maximum Gasteiger partial charge on any atom is 0.335 e. The number of rotatable bonds is 3. The van der Waals surface area contributed by atoms with Crippen molar-refractivity contribution in [3.05, 3.63) is 64.7 Å². The highest BCUT2D eigenvalue weighted by Crippen LogP contribution is 2.33. The van der Waals surface area contributed by atoms with Gasteiger partial charge in [-0.3, -0.25) is 0 Å². The van der Waals surface area contributed by atoms with Crippen LogP contribution in [0.4, 0.5) is 0 Å². The van der Waals surface area contributed by atoms with Gasteiger partial charge in [0.2, 0.25) is 0 Å². The molecule has 0 radical (unpaired) electrons. The third kappa shape index (κ3) is 5.15. The van der Waals surface area contributed by atoms with E-state index in [-0.39, 0.29) is 17.3 Å². The predicted molar refractivity (Wildman–Crippen MR) is 109 cm³/mol. The van der Waals surface area contributed by atoms with E-state index in [1.165, 1.54) is 0 Å². The first-order valence-electron chi connectivity index (χ1n) is 9.61. The van der Waals surface area contributed by atoms with Crippen LogP contribution in [0.15, 0.2) is 42.5 Å². The average molecular weight is 378 g/mol. The van der Waals surface area contributed by atoms with Gasteiger partial charge in [-0.2, -0.15) is 0 Å². The van der Waals surface area contributed by atoms with Crippen LogP contribution in [-0.2, 0) is 10.2 Å². The van der Waals surface area contributed by atoms with Crippen LogP contribution in [-0.4, -0.2) is 24.0 Å². The normalized spacial score (nSPS) is 16.8. The Kier molecular flexibility index (Phi) is 6.06. The molecule has 0 bridgehead atoms. The van der Waals surface area contributed by atoms with E-state index >= 15 is 0 Å². The molecule has 1 atom stereocenters. The van der Waals surface area contributed by atoms with Crippen LogP contribution in [0.3, 0.4) is 0 Å². The van der Waals surface area contributed by atoms with E-state index in [1.807, 2.05) is 12.1 Å². The van der Waals surface area contributed by atoms with Gasteiger partial charge in [-0.1, -0.05) is 38.7 Å². The van der Waals surface area contributed by atoms with Crippen molar-refractivity contribution in [3.8, 4) is 17.6 Å². The molecule has 0 saturated carbocycles. The van der Waals surface area contributed by atoms with Gasteiger partial charge in [-0.25, -0.2) is 4.79 Å². The van der Waals surface area contributed by atoms with Crippen LogP contribution in [0.1, 0.15) is 67.1 Å². The van der Waals surface area contributed by atoms with Crippen molar-refractivity contribution in [2.45, 2.75) is 51.7 Å². The number of hydrogen-bond donors (Lipinski definition) is 1. The van der Waals surface area contributed by atoms with E-state index < -0.39 is 5.97 Å². The van der Waals surface area contributed by atoms with Gasteiger partial charge in [0.15, 0.2) is 6.29 Å². The molecule has 1 fully saturated rings. The molecule has 4 nitrogen and oxygen atoms in total. The second-order valence-corrected chi connectivity index (χ2v) is 8.01. The van der Waals surface area contributed by atoms with Crippen molar-refractivity contribution in [1.82, 2.24) is 0 Å². The molecule has 2 aromatic rings. The van der Waals surface area contributed by atoms with Crippen molar-refractivity contribution >= 4 is 5.97 Å². The molecule has 0 spiro atoms. The quantitative estimate of drug-likeness (QED) is 0.765. The smallest absolute Gasteiger partial charge is 0.335 e. The molecule has 1 heterocycles. The molecule has 0 amide bonds. The molecule has 1 saturated heterocycles. The topological polar surface area (TPSA) is 55.8 Å². The van der Waals surface area contributed by atoms with Gasteiger partial charge < -0.3 is 14.6 Å². The van der Waals surface area contributed by atoms with E-state index in [4.69, 9.17) is 14.6 Å². The van der Waals surface area contributed by atoms with Crippen LogP contribution >= 0.6 is 0 Å². The van der Waals surface area contributed by atoms with E-state index in [9.17, 15) is 4.79 Å². The maximum atomic E-state index is 10.9. The highest BCUT2D eigenvalue weighted by atomic mass is 16.7. The van der Waals surface area contributed by atoms with E-state index in [1.54, 1.807) is 24.3 Å². The summed E-state index contributed by atoms with van der Waals surface area (Å²) in [5, 5.41) is 8.98. The van der Waals surface area contributed by atoms with Crippen LogP contribution in [0.25, 0.3) is 0 Å². The Balaban J connectivity index is 1.85. The summed E-state index contributed by atoms with van der Waals surface area (Å²) in [7, 11) is 0. The van der Waals surface area contributed by atoms with Crippen LogP contribution in [0.2, 0.25) is 0 Å². The molecule has 146 valence electrons. The molecule has 1 unspecified atom stereocenters. The molecule has 28 heavy (non-hydrogen) atoms. The molecule has 1 aliphatic rings. The Morgan fingerprint density at radius 3 is 2.36 bits per heavy atom. The second-order valence-electron chi connectivity index (χ2n) is 8.01. The summed E-state index contributed by atoms with van der Waals surface area (Å²) in [5.41, 5.74) is 2.94. The highest BCUT2D eigenvalue weighted by Gasteiger charge is 2.23. The largest absolute Gasteiger partial charge is 0.478 e. The minimum absolute atomic E-state index is 0.0530. The number of ether oxygens (including phenoxy) is 2. The summed E-state index contributed by atoms with van der Waals surface area (Å²) in [6, 6.07) is 12.6. The van der Waals surface area contributed by atoms with Gasteiger partial charge in [-0.15, -0.1) is 0 Å². The molecule has 1 N–H and O–H groups in total. The summed E-state index contributed by atoms with van der Waals surface area (Å²) in [5.74, 6) is 6.11. The van der Waals surface area contributed by atoms with Crippen molar-refractivity contribution in [1.29, 1.82) is 0 Å². The average Bonchev–Trinajstić information content (AvgIpc) is 2.67. The summed E-state index contributed by atoms with van der Waals surface area (Å²) in [6.07, 6.45) is 2.89. The lowest BCUT2D eigenvalue weighted by atomic mass is 9.86. The van der Waals surface area contributed by atoms with Crippen LogP contribution < -0.4 is 4.74 Å².